The van der Waals surface area contributed by atoms with E-state index in [4.69, 9.17) is 16.3 Å². The van der Waals surface area contributed by atoms with E-state index in [-0.39, 0.29) is 23.1 Å². The van der Waals surface area contributed by atoms with Crippen LogP contribution >= 0.6 is 0 Å². The number of hydrazine groups is 1. The number of hydrogen-bond acceptors (Lipinski definition) is 8. The first kappa shape index (κ1) is 16.0. The number of aromatic nitrogens is 3. The number of pyridine rings is 1. The molecule has 4 rings (SSSR count). The first-order chi connectivity index (χ1) is 12.4. The van der Waals surface area contributed by atoms with Crippen LogP contribution in [0.2, 0.25) is 0 Å². The minimum Gasteiger partial charge on any atom is -0.504 e. The molecule has 0 radical (unpaired) electrons. The maximum Gasteiger partial charge on any atom is 0.245 e. The van der Waals surface area contributed by atoms with Crippen LogP contribution in [-0.2, 0) is 5.66 Å². The number of fused-ring (bicyclic) bond motifs is 3. The Kier molecular flexibility index (Phi) is 3.22. The van der Waals surface area contributed by atoms with Crippen LogP contribution in [-0.4, -0.2) is 24.9 Å². The fourth-order valence-corrected chi connectivity index (χ4v) is 3.29. The van der Waals surface area contributed by atoms with Crippen LogP contribution in [0.3, 0.4) is 0 Å². The van der Waals surface area contributed by atoms with Crippen LogP contribution in [0.4, 0.5) is 0 Å². The van der Waals surface area contributed by atoms with Gasteiger partial charge in [-0.2, -0.15) is 5.26 Å². The molecule has 0 spiro atoms. The summed E-state index contributed by atoms with van der Waals surface area (Å²) in [7, 11) is 0. The van der Waals surface area contributed by atoms with Crippen molar-refractivity contribution < 1.29 is 9.84 Å². The highest BCUT2D eigenvalue weighted by molar-refractivity contribution is 5.68. The molecule has 0 saturated carbocycles. The molecule has 0 fully saturated rings. The number of nitrogens with zero attached hydrogens (tertiary/aromatic N) is 5. The van der Waals surface area contributed by atoms with E-state index in [9.17, 15) is 10.4 Å². The number of allylic oxidation sites excluding steroid dienone is 1. The van der Waals surface area contributed by atoms with Crippen molar-refractivity contribution in [1.29, 1.82) is 5.26 Å². The summed E-state index contributed by atoms with van der Waals surface area (Å²) in [6.45, 7) is 3.69. The standard InChI is InChI=1S/C17H17N7O2/c1-17(2)23(20)8-11(25)14-13-12(9-4-3-5-21-7-9)10(6-18)15(19)26-16(13)22-24(14)17/h3-5,7-8,12,25H,19-20H2,1-2H3/t12-/m1/s1. The van der Waals surface area contributed by atoms with Crippen LogP contribution in [0, 0.1) is 11.3 Å². The Labute approximate surface area is 149 Å². The van der Waals surface area contributed by atoms with E-state index >= 15 is 0 Å². The lowest BCUT2D eigenvalue weighted by Crippen LogP contribution is -2.50. The van der Waals surface area contributed by atoms with Gasteiger partial charge in [-0.25, -0.2) is 10.5 Å². The van der Waals surface area contributed by atoms with E-state index in [1.165, 1.54) is 11.2 Å². The van der Waals surface area contributed by atoms with Gasteiger partial charge in [0.1, 0.15) is 23.0 Å². The van der Waals surface area contributed by atoms with Crippen LogP contribution in [0.1, 0.15) is 36.6 Å². The smallest absolute Gasteiger partial charge is 0.245 e. The summed E-state index contributed by atoms with van der Waals surface area (Å²) in [6.07, 6.45) is 4.72. The molecule has 9 heteroatoms. The van der Waals surface area contributed by atoms with Crippen molar-refractivity contribution in [3.63, 3.8) is 0 Å². The minimum absolute atomic E-state index is 0.0184. The van der Waals surface area contributed by atoms with Crippen molar-refractivity contribution in [2.24, 2.45) is 11.6 Å². The van der Waals surface area contributed by atoms with E-state index in [2.05, 4.69) is 16.2 Å². The molecule has 9 nitrogen and oxygen atoms in total. The van der Waals surface area contributed by atoms with Crippen molar-refractivity contribution in [2.75, 3.05) is 0 Å². The number of nitrogens with two attached hydrogens (primary N) is 2. The summed E-state index contributed by atoms with van der Waals surface area (Å²) >= 11 is 0. The molecule has 0 amide bonds. The maximum absolute atomic E-state index is 10.6. The highest BCUT2D eigenvalue weighted by atomic mass is 16.5. The molecule has 0 saturated heterocycles. The molecule has 132 valence electrons. The summed E-state index contributed by atoms with van der Waals surface area (Å²) in [5, 5.41) is 26.0. The summed E-state index contributed by atoms with van der Waals surface area (Å²) in [4.78, 5) is 4.14. The third-order valence-corrected chi connectivity index (χ3v) is 4.73. The fraction of sp³-hybridized carbons (Fsp3) is 0.235. The van der Waals surface area contributed by atoms with Gasteiger partial charge >= 0.3 is 0 Å². The summed E-state index contributed by atoms with van der Waals surface area (Å²) in [6, 6.07) is 5.72. The lowest BCUT2D eigenvalue weighted by atomic mass is 9.84. The van der Waals surface area contributed by atoms with Gasteiger partial charge in [0.2, 0.25) is 11.8 Å². The number of ether oxygens (including phenoxy) is 1. The van der Waals surface area contributed by atoms with Gasteiger partial charge in [0.05, 0.1) is 17.7 Å². The predicted molar refractivity (Wildman–Crippen MR) is 91.7 cm³/mol. The molecule has 0 aliphatic carbocycles. The first-order valence-electron chi connectivity index (χ1n) is 7.92. The number of hydrogen-bond donors (Lipinski definition) is 3. The highest BCUT2D eigenvalue weighted by Gasteiger charge is 2.43. The van der Waals surface area contributed by atoms with E-state index < -0.39 is 11.6 Å². The van der Waals surface area contributed by atoms with Gasteiger partial charge in [0, 0.05) is 12.4 Å². The number of aliphatic hydroxyl groups excluding tert-OH is 1. The van der Waals surface area contributed by atoms with Crippen LogP contribution in [0.5, 0.6) is 5.88 Å². The second-order valence-electron chi connectivity index (χ2n) is 6.61. The number of aliphatic hydroxyl groups is 1. The molecule has 5 N–H and O–H groups in total. The Bertz CT molecular complexity index is 998. The Morgan fingerprint density at radius 3 is 2.85 bits per heavy atom. The molecule has 0 unspecified atom stereocenters. The van der Waals surface area contributed by atoms with Gasteiger partial charge in [-0.1, -0.05) is 6.07 Å². The third-order valence-electron chi connectivity index (χ3n) is 4.73. The number of nitriles is 1. The third kappa shape index (κ3) is 1.99. The van der Waals surface area contributed by atoms with E-state index in [0.29, 0.717) is 11.3 Å². The van der Waals surface area contributed by atoms with Crippen molar-refractivity contribution in [2.45, 2.75) is 25.4 Å². The zero-order chi connectivity index (χ0) is 18.6. The van der Waals surface area contributed by atoms with Gasteiger partial charge in [-0.3, -0.25) is 9.99 Å². The van der Waals surface area contributed by atoms with Crippen molar-refractivity contribution in [3.05, 3.63) is 59.0 Å². The Morgan fingerprint density at radius 1 is 1.42 bits per heavy atom. The molecule has 2 aromatic rings. The quantitative estimate of drug-likeness (QED) is 0.652. The fourth-order valence-electron chi connectivity index (χ4n) is 3.29. The minimum atomic E-state index is -0.761. The lowest BCUT2D eigenvalue weighted by molar-refractivity contribution is 0.0769. The van der Waals surface area contributed by atoms with E-state index in [1.54, 1.807) is 23.1 Å². The second-order valence-corrected chi connectivity index (χ2v) is 6.61. The van der Waals surface area contributed by atoms with Crippen molar-refractivity contribution in [3.8, 4) is 11.9 Å². The molecule has 1 atom stereocenters. The molecule has 0 aromatic carbocycles. The average Bonchev–Trinajstić information content (AvgIpc) is 3.00. The monoisotopic (exact) mass is 351 g/mol. The molecular weight excluding hydrogens is 334 g/mol. The summed E-state index contributed by atoms with van der Waals surface area (Å²) in [5.74, 6) is 5.58. The molecule has 2 aliphatic rings. The zero-order valence-corrected chi connectivity index (χ0v) is 14.2. The van der Waals surface area contributed by atoms with Gasteiger partial charge in [-0.05, 0) is 25.5 Å². The number of rotatable bonds is 1. The molecule has 2 aliphatic heterocycles. The van der Waals surface area contributed by atoms with Crippen molar-refractivity contribution in [1.82, 2.24) is 19.8 Å². The molecule has 26 heavy (non-hydrogen) atoms. The largest absolute Gasteiger partial charge is 0.504 e. The van der Waals surface area contributed by atoms with Crippen molar-refractivity contribution >= 4 is 5.76 Å². The van der Waals surface area contributed by atoms with Gasteiger partial charge in [0.25, 0.3) is 0 Å². The normalized spacial score (nSPS) is 20.6. The Morgan fingerprint density at radius 2 is 2.19 bits per heavy atom. The molecule has 2 aromatic heterocycles. The Balaban J connectivity index is 2.03. The first-order valence-corrected chi connectivity index (χ1v) is 7.92. The topological polar surface area (TPSA) is 139 Å². The predicted octanol–water partition coefficient (Wildman–Crippen LogP) is 1.23. The molecule has 4 heterocycles. The second kappa shape index (κ2) is 5.24. The lowest BCUT2D eigenvalue weighted by Gasteiger charge is -2.38. The SMILES string of the molecule is CC1(C)N(N)C=C(O)c2c3c(nn21)OC(N)=C(C#N)[C@H]3c1cccnc1. The van der Waals surface area contributed by atoms with Gasteiger partial charge < -0.3 is 15.6 Å². The van der Waals surface area contributed by atoms with Gasteiger partial charge in [-0.15, -0.1) is 5.10 Å². The van der Waals surface area contributed by atoms with E-state index in [0.717, 1.165) is 5.56 Å². The maximum atomic E-state index is 10.6. The van der Waals surface area contributed by atoms with Gasteiger partial charge in [0.15, 0.2) is 5.76 Å². The zero-order valence-electron chi connectivity index (χ0n) is 14.2. The average molecular weight is 351 g/mol. The highest BCUT2D eigenvalue weighted by Crippen LogP contribution is 2.47. The summed E-state index contributed by atoms with van der Waals surface area (Å²) < 4.78 is 7.17. The van der Waals surface area contributed by atoms with Crippen LogP contribution in [0.25, 0.3) is 5.76 Å². The van der Waals surface area contributed by atoms with E-state index in [1.807, 2.05) is 19.9 Å². The van der Waals surface area contributed by atoms with Crippen LogP contribution in [0.15, 0.2) is 42.2 Å². The summed E-state index contributed by atoms with van der Waals surface area (Å²) in [5.41, 5.74) is 7.18. The molecule has 0 bridgehead atoms. The molecular formula is C17H17N7O2. The Hall–Kier alpha value is -3.51. The van der Waals surface area contributed by atoms with Crippen LogP contribution < -0.4 is 16.3 Å².